The Morgan fingerprint density at radius 3 is 2.41 bits per heavy atom. The molecule has 1 aromatic heterocycles. The molecule has 2 amide bonds. The monoisotopic (exact) mass is 424 g/mol. The molecule has 0 bridgehead atoms. The molecule has 0 aliphatic heterocycles. The Labute approximate surface area is 167 Å². The Balaban J connectivity index is 1.65. The van der Waals surface area contributed by atoms with Crippen molar-refractivity contribution >= 4 is 33.2 Å². The van der Waals surface area contributed by atoms with Gasteiger partial charge in [-0.1, -0.05) is 18.2 Å². The van der Waals surface area contributed by atoms with Gasteiger partial charge in [0.25, 0.3) is 11.8 Å². The van der Waals surface area contributed by atoms with Gasteiger partial charge in [0.2, 0.25) is 0 Å². The molecule has 0 radical (unpaired) electrons. The second kappa shape index (κ2) is 8.20. The number of carbonyl (C=O) groups is 2. The molecule has 152 valence electrons. The van der Waals surface area contributed by atoms with Crippen LogP contribution in [0.5, 0.6) is 0 Å². The highest BCUT2D eigenvalue weighted by Crippen LogP contribution is 2.28. The van der Waals surface area contributed by atoms with Crippen LogP contribution in [-0.2, 0) is 6.54 Å². The highest BCUT2D eigenvalue weighted by Gasteiger charge is 2.27. The number of nitrogens with zero attached hydrogens (tertiary/aromatic N) is 1. The lowest BCUT2D eigenvalue weighted by molar-refractivity contribution is -0.123. The van der Waals surface area contributed by atoms with Crippen molar-refractivity contribution in [3.8, 4) is 0 Å². The molecule has 0 saturated carbocycles. The van der Waals surface area contributed by atoms with Gasteiger partial charge in [0.15, 0.2) is 0 Å². The van der Waals surface area contributed by atoms with Crippen LogP contribution >= 0.6 is 11.3 Å². The summed E-state index contributed by atoms with van der Waals surface area (Å²) < 4.78 is 51.0. The molecule has 4 nitrogen and oxygen atoms in total. The van der Waals surface area contributed by atoms with Gasteiger partial charge in [0.05, 0.1) is 4.88 Å². The average molecular weight is 424 g/mol. The number of nitrogens with one attached hydrogen (secondary N) is 1. The fourth-order valence-corrected chi connectivity index (χ4v) is 3.78. The number of rotatable bonds is 5. The van der Waals surface area contributed by atoms with Gasteiger partial charge in [0, 0.05) is 29.2 Å². The van der Waals surface area contributed by atoms with E-state index in [9.17, 15) is 27.2 Å². The van der Waals surface area contributed by atoms with E-state index in [1.54, 1.807) is 36.6 Å². The number of halogens is 4. The van der Waals surface area contributed by atoms with Crippen LogP contribution in [0.15, 0.2) is 48.5 Å². The molecular weight excluding hydrogens is 408 g/mol. The van der Waals surface area contributed by atoms with E-state index in [0.29, 0.717) is 20.5 Å². The van der Waals surface area contributed by atoms with Crippen LogP contribution in [0.4, 0.5) is 17.6 Å². The summed E-state index contributed by atoms with van der Waals surface area (Å²) in [5.74, 6) is -1.50. The van der Waals surface area contributed by atoms with Crippen LogP contribution in [-0.4, -0.2) is 36.5 Å². The van der Waals surface area contributed by atoms with Crippen LogP contribution in [0, 0.1) is 5.82 Å². The quantitative estimate of drug-likeness (QED) is 0.609. The Morgan fingerprint density at radius 1 is 1.10 bits per heavy atom. The van der Waals surface area contributed by atoms with E-state index in [1.807, 2.05) is 0 Å². The molecule has 0 unspecified atom stereocenters. The highest BCUT2D eigenvalue weighted by molar-refractivity contribution is 7.20. The van der Waals surface area contributed by atoms with Crippen LogP contribution in [0.25, 0.3) is 10.1 Å². The summed E-state index contributed by atoms with van der Waals surface area (Å²) >= 11 is 1.20. The largest absolute Gasteiger partial charge is 0.405 e. The molecule has 0 fully saturated rings. The zero-order valence-electron chi connectivity index (χ0n) is 15.2. The number of carbonyl (C=O) groups excluding carboxylic acids is 2. The van der Waals surface area contributed by atoms with E-state index in [2.05, 4.69) is 0 Å². The first-order chi connectivity index (χ1) is 13.6. The maximum absolute atomic E-state index is 13.8. The van der Waals surface area contributed by atoms with Gasteiger partial charge in [-0.25, -0.2) is 4.39 Å². The third kappa shape index (κ3) is 5.11. The Kier molecular flexibility index (Phi) is 5.88. The fourth-order valence-electron chi connectivity index (χ4n) is 2.71. The molecule has 0 atom stereocenters. The minimum Gasteiger partial charge on any atom is -0.343 e. The molecule has 9 heteroatoms. The summed E-state index contributed by atoms with van der Waals surface area (Å²) in [5.41, 5.74) is 0.785. The first-order valence-corrected chi connectivity index (χ1v) is 9.33. The van der Waals surface area contributed by atoms with Crippen molar-refractivity contribution in [1.29, 1.82) is 0 Å². The van der Waals surface area contributed by atoms with Gasteiger partial charge in [-0.15, -0.1) is 11.3 Å². The van der Waals surface area contributed by atoms with E-state index < -0.39 is 18.6 Å². The van der Waals surface area contributed by atoms with Crippen molar-refractivity contribution in [3.05, 3.63) is 70.4 Å². The minimum atomic E-state index is -4.48. The van der Waals surface area contributed by atoms with Crippen LogP contribution < -0.4 is 5.32 Å². The van der Waals surface area contributed by atoms with Gasteiger partial charge in [-0.05, 0) is 35.9 Å². The minimum absolute atomic E-state index is 0.0898. The standard InChI is InChI=1S/C20H16F4N2O2S/c1-26(19(28)17-9-14-15(21)3-2-4-16(14)29-17)10-12-5-7-13(8-6-12)18(27)25-11-20(22,23)24/h2-9H,10-11H2,1H3,(H,25,27). The number of benzene rings is 2. The van der Waals surface area contributed by atoms with E-state index in [-0.39, 0.29) is 23.8 Å². The third-order valence-corrected chi connectivity index (χ3v) is 5.24. The second-order valence-electron chi connectivity index (χ2n) is 6.42. The van der Waals surface area contributed by atoms with Gasteiger partial charge >= 0.3 is 6.18 Å². The van der Waals surface area contributed by atoms with Crippen LogP contribution in [0.2, 0.25) is 0 Å². The van der Waals surface area contributed by atoms with Gasteiger partial charge in [-0.2, -0.15) is 13.2 Å². The zero-order valence-corrected chi connectivity index (χ0v) is 16.0. The SMILES string of the molecule is CN(Cc1ccc(C(=O)NCC(F)(F)F)cc1)C(=O)c1cc2c(F)cccc2s1. The van der Waals surface area contributed by atoms with Crippen molar-refractivity contribution in [2.45, 2.75) is 12.7 Å². The number of thiophene rings is 1. The summed E-state index contributed by atoms with van der Waals surface area (Å²) in [5, 5.41) is 2.19. The first-order valence-electron chi connectivity index (χ1n) is 8.51. The van der Waals surface area contributed by atoms with Crippen molar-refractivity contribution in [2.75, 3.05) is 13.6 Å². The molecule has 0 spiro atoms. The van der Waals surface area contributed by atoms with Crippen molar-refractivity contribution in [2.24, 2.45) is 0 Å². The lowest BCUT2D eigenvalue weighted by Gasteiger charge is -2.16. The van der Waals surface area contributed by atoms with Crippen molar-refractivity contribution < 1.29 is 27.2 Å². The molecular formula is C20H16F4N2O2S. The maximum atomic E-state index is 13.8. The second-order valence-corrected chi connectivity index (χ2v) is 7.50. The number of hydrogen-bond acceptors (Lipinski definition) is 3. The number of fused-ring (bicyclic) bond motifs is 1. The van der Waals surface area contributed by atoms with Gasteiger partial charge in [-0.3, -0.25) is 9.59 Å². The zero-order chi connectivity index (χ0) is 21.2. The molecule has 29 heavy (non-hydrogen) atoms. The van der Waals surface area contributed by atoms with Crippen molar-refractivity contribution in [1.82, 2.24) is 10.2 Å². The Bertz CT molecular complexity index is 1040. The smallest absolute Gasteiger partial charge is 0.343 e. The van der Waals surface area contributed by atoms with E-state index in [0.717, 1.165) is 0 Å². The Morgan fingerprint density at radius 2 is 1.79 bits per heavy atom. The normalized spacial score (nSPS) is 11.5. The summed E-state index contributed by atoms with van der Waals surface area (Å²) in [6, 6.07) is 12.1. The summed E-state index contributed by atoms with van der Waals surface area (Å²) in [6.45, 7) is -1.18. The van der Waals surface area contributed by atoms with Crippen LogP contribution in [0.3, 0.4) is 0 Å². The molecule has 1 heterocycles. The predicted molar refractivity (Wildman–Crippen MR) is 102 cm³/mol. The molecule has 1 N–H and O–H groups in total. The third-order valence-electron chi connectivity index (χ3n) is 4.15. The molecule has 0 aliphatic rings. The van der Waals surface area contributed by atoms with E-state index in [1.165, 1.54) is 40.5 Å². The number of alkyl halides is 3. The molecule has 0 aliphatic carbocycles. The fraction of sp³-hybridized carbons (Fsp3) is 0.200. The van der Waals surface area contributed by atoms with E-state index in [4.69, 9.17) is 0 Å². The highest BCUT2D eigenvalue weighted by atomic mass is 32.1. The molecule has 3 rings (SSSR count). The number of amides is 2. The lowest BCUT2D eigenvalue weighted by atomic mass is 10.1. The predicted octanol–water partition coefficient (Wildman–Crippen LogP) is 4.60. The van der Waals surface area contributed by atoms with Crippen molar-refractivity contribution in [3.63, 3.8) is 0 Å². The maximum Gasteiger partial charge on any atom is 0.405 e. The van der Waals surface area contributed by atoms with E-state index >= 15 is 0 Å². The first kappa shape index (κ1) is 20.8. The Hall–Kier alpha value is -2.94. The molecule has 0 saturated heterocycles. The molecule has 2 aromatic carbocycles. The molecule has 3 aromatic rings. The van der Waals surface area contributed by atoms with Gasteiger partial charge in [0.1, 0.15) is 12.4 Å². The summed E-state index contributed by atoms with van der Waals surface area (Å²) in [7, 11) is 1.59. The lowest BCUT2D eigenvalue weighted by Crippen LogP contribution is -2.33. The summed E-state index contributed by atoms with van der Waals surface area (Å²) in [6.07, 6.45) is -4.48. The summed E-state index contributed by atoms with van der Waals surface area (Å²) in [4.78, 5) is 26.2. The van der Waals surface area contributed by atoms with Gasteiger partial charge < -0.3 is 10.2 Å². The van der Waals surface area contributed by atoms with Crippen LogP contribution in [0.1, 0.15) is 25.6 Å². The average Bonchev–Trinajstić information content (AvgIpc) is 3.11. The number of hydrogen-bond donors (Lipinski definition) is 1. The topological polar surface area (TPSA) is 49.4 Å².